The number of nitrogens with zero attached hydrogens (tertiary/aromatic N) is 3. The molecular formula is C13H18N4S. The van der Waals surface area contributed by atoms with Gasteiger partial charge in [-0.3, -0.25) is 15.0 Å². The van der Waals surface area contributed by atoms with E-state index in [4.69, 9.17) is 0 Å². The lowest BCUT2D eigenvalue weighted by atomic mass is 9.93. The maximum atomic E-state index is 4.15. The Morgan fingerprint density at radius 1 is 1.50 bits per heavy atom. The van der Waals surface area contributed by atoms with Gasteiger partial charge in [0.05, 0.1) is 11.7 Å². The van der Waals surface area contributed by atoms with Crippen LogP contribution in [0, 0.1) is 6.92 Å². The molecule has 18 heavy (non-hydrogen) atoms. The van der Waals surface area contributed by atoms with Gasteiger partial charge in [-0.25, -0.2) is 0 Å². The summed E-state index contributed by atoms with van der Waals surface area (Å²) in [6.45, 7) is 5.50. The van der Waals surface area contributed by atoms with Crippen LogP contribution in [-0.4, -0.2) is 33.2 Å². The van der Waals surface area contributed by atoms with Crippen molar-refractivity contribution >= 4 is 11.3 Å². The van der Waals surface area contributed by atoms with E-state index in [9.17, 15) is 0 Å². The number of hydrogen-bond acceptors (Lipinski definition) is 4. The molecule has 0 bridgehead atoms. The molecule has 1 aliphatic rings. The van der Waals surface area contributed by atoms with E-state index in [-0.39, 0.29) is 0 Å². The zero-order chi connectivity index (χ0) is 12.4. The second kappa shape index (κ2) is 5.20. The van der Waals surface area contributed by atoms with E-state index in [1.165, 1.54) is 35.5 Å². The van der Waals surface area contributed by atoms with Crippen molar-refractivity contribution in [2.24, 2.45) is 0 Å². The summed E-state index contributed by atoms with van der Waals surface area (Å²) in [5.41, 5.74) is 4.53. The molecule has 3 heterocycles. The Hall–Kier alpha value is -1.20. The highest BCUT2D eigenvalue weighted by atomic mass is 32.1. The molecule has 0 radical (unpaired) electrons. The minimum absolute atomic E-state index is 0.606. The van der Waals surface area contributed by atoms with Crippen LogP contribution in [0.3, 0.4) is 0 Å². The number of H-pyrrole nitrogens is 1. The van der Waals surface area contributed by atoms with Gasteiger partial charge < -0.3 is 0 Å². The second-order valence-electron chi connectivity index (χ2n) is 5.01. The van der Waals surface area contributed by atoms with Crippen LogP contribution in [0.4, 0.5) is 0 Å². The summed E-state index contributed by atoms with van der Waals surface area (Å²) in [5, 5.41) is 7.31. The van der Waals surface area contributed by atoms with Crippen LogP contribution in [0.1, 0.15) is 34.9 Å². The fourth-order valence-electron chi connectivity index (χ4n) is 2.74. The fraction of sp³-hybridized carbons (Fsp3) is 0.538. The maximum absolute atomic E-state index is 4.15. The summed E-state index contributed by atoms with van der Waals surface area (Å²) >= 11 is 1.75. The Bertz CT molecular complexity index is 491. The Morgan fingerprint density at radius 2 is 2.44 bits per heavy atom. The van der Waals surface area contributed by atoms with E-state index in [0.29, 0.717) is 5.92 Å². The summed E-state index contributed by atoms with van der Waals surface area (Å²) in [4.78, 5) is 8.03. The standard InChI is InChI=1S/C13H18N4S/c1-10-5-15-16-13(10)11-3-2-4-17(7-11)8-12-6-14-9-18-12/h5-6,9,11H,2-4,7-8H2,1H3,(H,15,16). The number of rotatable bonds is 3. The predicted molar refractivity (Wildman–Crippen MR) is 72.7 cm³/mol. The first kappa shape index (κ1) is 11.9. The highest BCUT2D eigenvalue weighted by molar-refractivity contribution is 7.09. The van der Waals surface area contributed by atoms with E-state index >= 15 is 0 Å². The number of aromatic amines is 1. The molecule has 2 aromatic rings. The smallest absolute Gasteiger partial charge is 0.0794 e. The van der Waals surface area contributed by atoms with Gasteiger partial charge in [-0.05, 0) is 31.9 Å². The van der Waals surface area contributed by atoms with Gasteiger partial charge in [0, 0.05) is 35.8 Å². The molecular weight excluding hydrogens is 244 g/mol. The van der Waals surface area contributed by atoms with E-state index in [2.05, 4.69) is 27.0 Å². The molecule has 2 aromatic heterocycles. The van der Waals surface area contributed by atoms with Gasteiger partial charge in [-0.15, -0.1) is 11.3 Å². The van der Waals surface area contributed by atoms with Crippen molar-refractivity contribution in [3.63, 3.8) is 0 Å². The van der Waals surface area contributed by atoms with Crippen LogP contribution in [0.5, 0.6) is 0 Å². The van der Waals surface area contributed by atoms with Gasteiger partial charge >= 0.3 is 0 Å². The molecule has 1 atom stereocenters. The molecule has 1 unspecified atom stereocenters. The molecule has 3 rings (SSSR count). The number of aromatic nitrogens is 3. The quantitative estimate of drug-likeness (QED) is 0.924. The van der Waals surface area contributed by atoms with Crippen molar-refractivity contribution in [1.29, 1.82) is 0 Å². The molecule has 4 nitrogen and oxygen atoms in total. The predicted octanol–water partition coefficient (Wildman–Crippen LogP) is 2.55. The Balaban J connectivity index is 1.67. The number of likely N-dealkylation sites (tertiary alicyclic amines) is 1. The van der Waals surface area contributed by atoms with E-state index in [1.807, 2.05) is 17.9 Å². The largest absolute Gasteiger partial charge is 0.298 e. The summed E-state index contributed by atoms with van der Waals surface area (Å²) in [5.74, 6) is 0.606. The number of thiazole rings is 1. The average Bonchev–Trinajstić information content (AvgIpc) is 3.01. The zero-order valence-corrected chi connectivity index (χ0v) is 11.4. The van der Waals surface area contributed by atoms with Crippen LogP contribution in [-0.2, 0) is 6.54 Å². The minimum atomic E-state index is 0.606. The van der Waals surface area contributed by atoms with Crippen LogP contribution in [0.15, 0.2) is 17.9 Å². The molecule has 1 aliphatic heterocycles. The fourth-order valence-corrected chi connectivity index (χ4v) is 3.38. The highest BCUT2D eigenvalue weighted by Gasteiger charge is 2.23. The Morgan fingerprint density at radius 3 is 3.17 bits per heavy atom. The van der Waals surface area contributed by atoms with Crippen LogP contribution in [0.2, 0.25) is 0 Å². The highest BCUT2D eigenvalue weighted by Crippen LogP contribution is 2.28. The average molecular weight is 262 g/mol. The first-order valence-corrected chi connectivity index (χ1v) is 7.30. The Kier molecular flexibility index (Phi) is 3.43. The number of nitrogens with one attached hydrogen (secondary N) is 1. The molecule has 1 fully saturated rings. The second-order valence-corrected chi connectivity index (χ2v) is 5.98. The van der Waals surface area contributed by atoms with Crippen molar-refractivity contribution in [3.05, 3.63) is 34.0 Å². The number of piperidine rings is 1. The molecule has 0 spiro atoms. The van der Waals surface area contributed by atoms with Crippen LogP contribution in [0.25, 0.3) is 0 Å². The third-order valence-electron chi connectivity index (χ3n) is 3.64. The normalized spacial score (nSPS) is 21.3. The minimum Gasteiger partial charge on any atom is -0.298 e. The molecule has 96 valence electrons. The summed E-state index contributed by atoms with van der Waals surface area (Å²) < 4.78 is 0. The molecule has 0 saturated carbocycles. The topological polar surface area (TPSA) is 44.8 Å². The van der Waals surface area contributed by atoms with Crippen molar-refractivity contribution in [1.82, 2.24) is 20.1 Å². The number of aryl methyl sites for hydroxylation is 1. The lowest BCUT2D eigenvalue weighted by Gasteiger charge is -2.32. The molecule has 0 aliphatic carbocycles. The monoisotopic (exact) mass is 262 g/mol. The Labute approximate surface area is 111 Å². The SMILES string of the molecule is Cc1cn[nH]c1C1CCCN(Cc2cncs2)C1. The summed E-state index contributed by atoms with van der Waals surface area (Å²) in [6, 6.07) is 0. The summed E-state index contributed by atoms with van der Waals surface area (Å²) in [6.07, 6.45) is 6.44. The van der Waals surface area contributed by atoms with Gasteiger partial charge in [0.2, 0.25) is 0 Å². The van der Waals surface area contributed by atoms with E-state index in [0.717, 1.165) is 13.1 Å². The first-order valence-electron chi connectivity index (χ1n) is 6.42. The first-order chi connectivity index (χ1) is 8.83. The van der Waals surface area contributed by atoms with Crippen molar-refractivity contribution < 1.29 is 0 Å². The lowest BCUT2D eigenvalue weighted by Crippen LogP contribution is -2.34. The van der Waals surface area contributed by atoms with Crippen molar-refractivity contribution in [2.75, 3.05) is 13.1 Å². The van der Waals surface area contributed by atoms with Crippen LogP contribution < -0.4 is 0 Å². The van der Waals surface area contributed by atoms with Gasteiger partial charge in [-0.2, -0.15) is 5.10 Å². The van der Waals surface area contributed by atoms with Gasteiger partial charge in [-0.1, -0.05) is 0 Å². The van der Waals surface area contributed by atoms with Crippen LogP contribution >= 0.6 is 11.3 Å². The van der Waals surface area contributed by atoms with Gasteiger partial charge in [0.1, 0.15) is 0 Å². The van der Waals surface area contributed by atoms with Crippen molar-refractivity contribution in [2.45, 2.75) is 32.2 Å². The number of hydrogen-bond donors (Lipinski definition) is 1. The molecule has 0 aromatic carbocycles. The molecule has 0 amide bonds. The van der Waals surface area contributed by atoms with Gasteiger partial charge in [0.15, 0.2) is 0 Å². The third kappa shape index (κ3) is 2.47. The summed E-state index contributed by atoms with van der Waals surface area (Å²) in [7, 11) is 0. The maximum Gasteiger partial charge on any atom is 0.0794 e. The lowest BCUT2D eigenvalue weighted by molar-refractivity contribution is 0.199. The zero-order valence-electron chi connectivity index (χ0n) is 10.6. The van der Waals surface area contributed by atoms with E-state index < -0.39 is 0 Å². The molecule has 1 saturated heterocycles. The van der Waals surface area contributed by atoms with E-state index in [1.54, 1.807) is 11.3 Å². The third-order valence-corrected chi connectivity index (χ3v) is 4.41. The van der Waals surface area contributed by atoms with Gasteiger partial charge in [0.25, 0.3) is 0 Å². The molecule has 5 heteroatoms. The van der Waals surface area contributed by atoms with Crippen molar-refractivity contribution in [3.8, 4) is 0 Å². The molecule has 1 N–H and O–H groups in total.